The van der Waals surface area contributed by atoms with Crippen molar-refractivity contribution in [3.63, 3.8) is 0 Å². The number of fused-ring (bicyclic) bond motifs is 20. The largest absolute Gasteiger partial charge is 0.456 e. The minimum absolute atomic E-state index is 0.349. The molecular weight excluding hydrogens is 1210 g/mol. The molecule has 0 bridgehead atoms. The molecule has 0 aliphatic carbocycles. The molecule has 0 unspecified atom stereocenters. The second-order valence-electron chi connectivity index (χ2n) is 25.2. The van der Waals surface area contributed by atoms with Gasteiger partial charge in [-0.25, -0.2) is 19.8 Å². The standard InChI is InChI=1S/C88H48N6O4/c1-89-68-49-67(88-91-86(55-35-43-77-63(47-55)59-27-13-15-29-73(59)95-77)90-87(92-88)56-36-44-78-64(48-56)60-28-14-16-30-74(60)96-78)82(93-69-39-33-53(50-19-5-2-6-20-50)45-65(69)80-71(93)41-37-61-57-25-11-17-31-75(57)97-84(61)80)79(52-23-9-4-10-24-52)83(68)94-70-40-34-54(51-21-7-3-8-22-51)46-66(70)81-72(94)42-38-62-58-26-12-18-32-76(58)98-85(62)81/h2-49H. The summed E-state index contributed by atoms with van der Waals surface area (Å²) in [5.41, 5.74) is 19.4. The molecule has 98 heavy (non-hydrogen) atoms. The molecule has 21 aromatic rings. The molecule has 0 saturated carbocycles. The van der Waals surface area contributed by atoms with Crippen LogP contribution in [0.4, 0.5) is 5.69 Å². The van der Waals surface area contributed by atoms with Crippen LogP contribution in [0.15, 0.2) is 309 Å². The predicted molar refractivity (Wildman–Crippen MR) is 396 cm³/mol. The molecule has 0 saturated heterocycles. The molecule has 7 aromatic heterocycles. The lowest BCUT2D eigenvalue weighted by atomic mass is 9.94. The molecule has 0 amide bonds. The molecule has 0 N–H and O–H groups in total. The maximum absolute atomic E-state index is 9.74. The number of nitrogens with zero attached hydrogens (tertiary/aromatic N) is 6. The van der Waals surface area contributed by atoms with Gasteiger partial charge in [-0.3, -0.25) is 0 Å². The topological polar surface area (TPSA) is 105 Å². The Morgan fingerprint density at radius 1 is 0.265 bits per heavy atom. The Bertz CT molecular complexity index is 6870. The van der Waals surface area contributed by atoms with Gasteiger partial charge >= 0.3 is 0 Å². The summed E-state index contributed by atoms with van der Waals surface area (Å²) >= 11 is 0. The fraction of sp³-hybridized carbons (Fsp3) is 0. The van der Waals surface area contributed by atoms with Gasteiger partial charge in [-0.15, -0.1) is 0 Å². The van der Waals surface area contributed by atoms with E-state index in [1.165, 1.54) is 0 Å². The second kappa shape index (κ2) is 20.7. The van der Waals surface area contributed by atoms with Crippen LogP contribution in [0.25, 0.3) is 215 Å². The van der Waals surface area contributed by atoms with E-state index in [1.807, 2.05) is 103 Å². The van der Waals surface area contributed by atoms with E-state index in [4.69, 9.17) is 37.5 Å². The Labute approximate surface area is 557 Å². The number of para-hydroxylation sites is 4. The molecule has 7 heterocycles. The van der Waals surface area contributed by atoms with Crippen molar-refractivity contribution in [2.75, 3.05) is 0 Å². The van der Waals surface area contributed by atoms with E-state index in [-0.39, 0.29) is 0 Å². The van der Waals surface area contributed by atoms with Crippen LogP contribution in [0, 0.1) is 6.57 Å². The van der Waals surface area contributed by atoms with Crippen molar-refractivity contribution >= 4 is 137 Å². The lowest BCUT2D eigenvalue weighted by Gasteiger charge is -2.24. The van der Waals surface area contributed by atoms with Gasteiger partial charge < -0.3 is 26.8 Å². The molecule has 0 spiro atoms. The van der Waals surface area contributed by atoms with E-state index >= 15 is 0 Å². The first kappa shape index (κ1) is 53.8. The van der Waals surface area contributed by atoms with E-state index < -0.39 is 0 Å². The monoisotopic (exact) mass is 1250 g/mol. The van der Waals surface area contributed by atoms with Crippen LogP contribution in [0.1, 0.15) is 0 Å². The molecule has 0 aliphatic rings. The minimum Gasteiger partial charge on any atom is -0.456 e. The zero-order valence-electron chi connectivity index (χ0n) is 52.0. The third kappa shape index (κ3) is 7.92. The molecule has 0 fully saturated rings. The van der Waals surface area contributed by atoms with E-state index in [1.54, 1.807) is 0 Å². The van der Waals surface area contributed by atoms with Gasteiger partial charge in [0.05, 0.1) is 50.8 Å². The summed E-state index contributed by atoms with van der Waals surface area (Å²) in [7, 11) is 0. The van der Waals surface area contributed by atoms with Gasteiger partial charge in [-0.1, -0.05) is 176 Å². The summed E-state index contributed by atoms with van der Waals surface area (Å²) in [6.45, 7) is 9.74. The van der Waals surface area contributed by atoms with Crippen molar-refractivity contribution in [1.82, 2.24) is 24.1 Å². The van der Waals surface area contributed by atoms with Crippen LogP contribution in [-0.4, -0.2) is 24.1 Å². The lowest BCUT2D eigenvalue weighted by Crippen LogP contribution is -2.08. The summed E-state index contributed by atoms with van der Waals surface area (Å²) in [5, 5.41) is 11.7. The van der Waals surface area contributed by atoms with Crippen molar-refractivity contribution in [2.45, 2.75) is 0 Å². The van der Waals surface area contributed by atoms with E-state index in [2.05, 4.69) is 197 Å². The fourth-order valence-corrected chi connectivity index (χ4v) is 15.4. The van der Waals surface area contributed by atoms with Gasteiger partial charge in [0.25, 0.3) is 0 Å². The highest BCUT2D eigenvalue weighted by molar-refractivity contribution is 6.27. The molecule has 14 aromatic carbocycles. The Morgan fingerprint density at radius 2 is 0.633 bits per heavy atom. The van der Waals surface area contributed by atoms with Crippen molar-refractivity contribution in [3.8, 4) is 78.9 Å². The van der Waals surface area contributed by atoms with Crippen LogP contribution in [-0.2, 0) is 0 Å². The van der Waals surface area contributed by atoms with E-state index in [9.17, 15) is 6.57 Å². The first-order valence-corrected chi connectivity index (χ1v) is 32.7. The minimum atomic E-state index is 0.349. The highest BCUT2D eigenvalue weighted by Gasteiger charge is 2.32. The molecule has 21 rings (SSSR count). The third-order valence-corrected chi connectivity index (χ3v) is 19.8. The first-order valence-electron chi connectivity index (χ1n) is 32.7. The number of hydrogen-bond acceptors (Lipinski definition) is 7. The average Bonchev–Trinajstić information content (AvgIpc) is 1.60. The Balaban J connectivity index is 0.949. The fourth-order valence-electron chi connectivity index (χ4n) is 15.4. The maximum Gasteiger partial charge on any atom is 0.212 e. The Hall–Kier alpha value is -13.6. The lowest BCUT2D eigenvalue weighted by molar-refractivity contribution is 0.668. The summed E-state index contributed by atoms with van der Waals surface area (Å²) in [4.78, 5) is 21.6. The quantitative estimate of drug-likeness (QED) is 0.140. The summed E-state index contributed by atoms with van der Waals surface area (Å²) in [5.74, 6) is 1.21. The van der Waals surface area contributed by atoms with Gasteiger partial charge in [0.1, 0.15) is 44.7 Å². The second-order valence-corrected chi connectivity index (χ2v) is 25.2. The molecular formula is C88H48N6O4. The van der Waals surface area contributed by atoms with Crippen molar-refractivity contribution < 1.29 is 17.7 Å². The van der Waals surface area contributed by atoms with Crippen LogP contribution in [0.3, 0.4) is 0 Å². The molecule has 0 atom stereocenters. The SMILES string of the molecule is [C-]#[N+]c1cc(-c2nc(-c3ccc4oc5ccccc5c4c3)nc(-c3ccc4oc5ccccc5c4c3)n2)c(-n2c3ccc(-c4ccccc4)cc3c3c4oc5ccccc5c4ccc32)c(-c2ccccc2)c1-n1c2ccc(-c3ccccc3)cc2c2c3oc4ccccc4c3ccc21. The average molecular weight is 1250 g/mol. The highest BCUT2D eigenvalue weighted by atomic mass is 16.3. The van der Waals surface area contributed by atoms with Crippen molar-refractivity contribution in [3.05, 3.63) is 303 Å². The number of aromatic nitrogens is 5. The van der Waals surface area contributed by atoms with Gasteiger partial charge in [-0.2, -0.15) is 0 Å². The third-order valence-electron chi connectivity index (χ3n) is 19.8. The van der Waals surface area contributed by atoms with Gasteiger partial charge in [0.15, 0.2) is 17.5 Å². The predicted octanol–water partition coefficient (Wildman–Crippen LogP) is 24.2. The van der Waals surface area contributed by atoms with E-state index in [0.717, 1.165) is 182 Å². The van der Waals surface area contributed by atoms with Gasteiger partial charge in [0.2, 0.25) is 5.69 Å². The summed E-state index contributed by atoms with van der Waals surface area (Å²) in [6.07, 6.45) is 0. The van der Waals surface area contributed by atoms with Crippen LogP contribution in [0.2, 0.25) is 0 Å². The number of hydrogen-bond donors (Lipinski definition) is 0. The van der Waals surface area contributed by atoms with Crippen molar-refractivity contribution in [2.24, 2.45) is 0 Å². The zero-order valence-corrected chi connectivity index (χ0v) is 52.0. The Morgan fingerprint density at radius 3 is 1.10 bits per heavy atom. The van der Waals surface area contributed by atoms with Crippen LogP contribution in [0.5, 0.6) is 0 Å². The number of benzene rings is 14. The number of rotatable bonds is 8. The molecule has 10 heteroatoms. The molecule has 0 radical (unpaired) electrons. The Kier molecular flexibility index (Phi) is 11.4. The van der Waals surface area contributed by atoms with E-state index in [0.29, 0.717) is 34.4 Å². The highest BCUT2D eigenvalue weighted by Crippen LogP contribution is 2.53. The summed E-state index contributed by atoms with van der Waals surface area (Å²) < 4.78 is 31.7. The smallest absolute Gasteiger partial charge is 0.212 e. The zero-order chi connectivity index (χ0) is 64.3. The normalized spacial score (nSPS) is 12.1. The molecule has 0 aliphatic heterocycles. The van der Waals surface area contributed by atoms with Gasteiger partial charge in [-0.05, 0) is 143 Å². The van der Waals surface area contributed by atoms with Crippen molar-refractivity contribution in [1.29, 1.82) is 0 Å². The molecule has 10 nitrogen and oxygen atoms in total. The number of furan rings is 4. The van der Waals surface area contributed by atoms with Crippen LogP contribution >= 0.6 is 0 Å². The first-order chi connectivity index (χ1) is 48.5. The maximum atomic E-state index is 9.74. The summed E-state index contributed by atoms with van der Waals surface area (Å²) in [6, 6.07) is 101. The molecule has 454 valence electrons. The van der Waals surface area contributed by atoms with Crippen LogP contribution < -0.4 is 0 Å². The van der Waals surface area contributed by atoms with Gasteiger partial charge in [0, 0.05) is 76.1 Å².